The number of nitriles is 1. The van der Waals surface area contributed by atoms with E-state index in [4.69, 9.17) is 5.26 Å². The highest BCUT2D eigenvalue weighted by Crippen LogP contribution is 2.37. The van der Waals surface area contributed by atoms with Gasteiger partial charge in [-0.25, -0.2) is 0 Å². The third-order valence-electron chi connectivity index (χ3n) is 4.47. The summed E-state index contributed by atoms with van der Waals surface area (Å²) in [6.45, 7) is 4.46. The molecule has 0 spiro atoms. The fraction of sp³-hybridized carbons (Fsp3) is 0.857. The lowest BCUT2D eigenvalue weighted by Crippen LogP contribution is -2.48. The van der Waals surface area contributed by atoms with Crippen LogP contribution in [-0.4, -0.2) is 36.5 Å². The summed E-state index contributed by atoms with van der Waals surface area (Å²) in [6.07, 6.45) is 6.39. The Balaban J connectivity index is 1.78. The smallest absolute Gasteiger partial charge is 0.226 e. The lowest BCUT2D eigenvalue weighted by molar-refractivity contribution is -0.131. The van der Waals surface area contributed by atoms with Crippen molar-refractivity contribution in [1.82, 2.24) is 10.2 Å². The molecule has 0 aromatic heterocycles. The Morgan fingerprint density at radius 2 is 2.00 bits per heavy atom. The standard InChI is InChI=1S/C14H23N3O/c1-14(6-2-3-7-14)13(18)16-12-4-9-17(10-5-12)11-8-15/h12H,2-7,9-11H2,1H3,(H,16,18). The first kappa shape index (κ1) is 13.4. The molecule has 0 radical (unpaired) electrons. The summed E-state index contributed by atoms with van der Waals surface area (Å²) in [7, 11) is 0. The van der Waals surface area contributed by atoms with Gasteiger partial charge in [0.25, 0.3) is 0 Å². The summed E-state index contributed by atoms with van der Waals surface area (Å²) in [5.41, 5.74) is -0.121. The summed E-state index contributed by atoms with van der Waals surface area (Å²) in [5.74, 6) is 0.249. The summed E-state index contributed by atoms with van der Waals surface area (Å²) >= 11 is 0. The van der Waals surface area contributed by atoms with Crippen molar-refractivity contribution >= 4 is 5.91 Å². The SMILES string of the molecule is CC1(C(=O)NC2CCN(CC#N)CC2)CCCC1. The van der Waals surface area contributed by atoms with E-state index in [1.807, 2.05) is 0 Å². The fourth-order valence-corrected chi connectivity index (χ4v) is 3.08. The maximum absolute atomic E-state index is 12.3. The molecule has 0 atom stereocenters. The molecule has 1 heterocycles. The van der Waals surface area contributed by atoms with Gasteiger partial charge in [-0.2, -0.15) is 5.26 Å². The van der Waals surface area contributed by atoms with Crippen LogP contribution in [0.1, 0.15) is 45.4 Å². The van der Waals surface area contributed by atoms with E-state index >= 15 is 0 Å². The summed E-state index contributed by atoms with van der Waals surface area (Å²) in [5, 5.41) is 11.9. The van der Waals surface area contributed by atoms with Crippen molar-refractivity contribution in [3.8, 4) is 6.07 Å². The molecule has 100 valence electrons. The summed E-state index contributed by atoms with van der Waals surface area (Å²) in [6, 6.07) is 2.49. The van der Waals surface area contributed by atoms with Crippen molar-refractivity contribution in [2.75, 3.05) is 19.6 Å². The van der Waals surface area contributed by atoms with Crippen LogP contribution in [0.2, 0.25) is 0 Å². The van der Waals surface area contributed by atoms with Gasteiger partial charge in [0.05, 0.1) is 12.6 Å². The van der Waals surface area contributed by atoms with Crippen LogP contribution in [0.5, 0.6) is 0 Å². The first-order valence-corrected chi connectivity index (χ1v) is 7.04. The van der Waals surface area contributed by atoms with Crippen molar-refractivity contribution in [3.63, 3.8) is 0 Å². The predicted octanol–water partition coefficient (Wildman–Crippen LogP) is 1.67. The van der Waals surface area contributed by atoms with Crippen molar-refractivity contribution in [2.45, 2.75) is 51.5 Å². The van der Waals surface area contributed by atoms with E-state index in [1.54, 1.807) is 0 Å². The maximum atomic E-state index is 12.3. The van der Waals surface area contributed by atoms with E-state index in [-0.39, 0.29) is 11.3 Å². The van der Waals surface area contributed by atoms with Crippen molar-refractivity contribution in [3.05, 3.63) is 0 Å². The number of carbonyl (C=O) groups is 1. The zero-order valence-corrected chi connectivity index (χ0v) is 11.2. The van der Waals surface area contributed by atoms with Gasteiger partial charge in [0.15, 0.2) is 0 Å². The predicted molar refractivity (Wildman–Crippen MR) is 69.8 cm³/mol. The van der Waals surface area contributed by atoms with E-state index in [1.165, 1.54) is 12.8 Å². The number of carbonyl (C=O) groups excluding carboxylic acids is 1. The highest BCUT2D eigenvalue weighted by Gasteiger charge is 2.37. The third kappa shape index (κ3) is 3.02. The molecule has 1 saturated carbocycles. The van der Waals surface area contributed by atoms with Crippen LogP contribution in [0.4, 0.5) is 0 Å². The van der Waals surface area contributed by atoms with Crippen LogP contribution in [-0.2, 0) is 4.79 Å². The Morgan fingerprint density at radius 1 is 1.39 bits per heavy atom. The molecule has 1 N–H and O–H groups in total. The number of rotatable bonds is 3. The first-order chi connectivity index (χ1) is 8.64. The number of nitrogens with one attached hydrogen (secondary N) is 1. The number of hydrogen-bond donors (Lipinski definition) is 1. The van der Waals surface area contributed by atoms with Crippen molar-refractivity contribution in [2.24, 2.45) is 5.41 Å². The second-order valence-electron chi connectivity index (χ2n) is 5.95. The molecular formula is C14H23N3O. The lowest BCUT2D eigenvalue weighted by atomic mass is 9.87. The second-order valence-corrected chi connectivity index (χ2v) is 5.95. The van der Waals surface area contributed by atoms with Gasteiger partial charge in [-0.3, -0.25) is 9.69 Å². The molecule has 1 aliphatic heterocycles. The number of amides is 1. The van der Waals surface area contributed by atoms with E-state index in [2.05, 4.69) is 23.2 Å². The van der Waals surface area contributed by atoms with Crippen LogP contribution in [0.3, 0.4) is 0 Å². The Morgan fingerprint density at radius 3 is 2.56 bits per heavy atom. The first-order valence-electron chi connectivity index (χ1n) is 7.04. The highest BCUT2D eigenvalue weighted by molar-refractivity contribution is 5.82. The fourth-order valence-electron chi connectivity index (χ4n) is 3.08. The minimum absolute atomic E-state index is 0.121. The Labute approximate surface area is 109 Å². The van der Waals surface area contributed by atoms with Gasteiger partial charge in [-0.05, 0) is 25.7 Å². The molecule has 0 unspecified atom stereocenters. The molecule has 2 fully saturated rings. The molecule has 0 aromatic carbocycles. The maximum Gasteiger partial charge on any atom is 0.226 e. The quantitative estimate of drug-likeness (QED) is 0.774. The molecule has 1 amide bonds. The topological polar surface area (TPSA) is 56.1 Å². The Kier molecular flexibility index (Phi) is 4.23. The molecule has 1 aliphatic carbocycles. The van der Waals surface area contributed by atoms with Gasteiger partial charge in [-0.1, -0.05) is 19.8 Å². The van der Waals surface area contributed by atoms with Crippen LogP contribution in [0.15, 0.2) is 0 Å². The van der Waals surface area contributed by atoms with Gasteiger partial charge in [0.1, 0.15) is 0 Å². The van der Waals surface area contributed by atoms with Crippen LogP contribution in [0.25, 0.3) is 0 Å². The normalized spacial score (nSPS) is 24.7. The van der Waals surface area contributed by atoms with Gasteiger partial charge in [-0.15, -0.1) is 0 Å². The van der Waals surface area contributed by atoms with Gasteiger partial charge in [0.2, 0.25) is 5.91 Å². The molecule has 18 heavy (non-hydrogen) atoms. The molecule has 0 bridgehead atoms. The Hall–Kier alpha value is -1.08. The van der Waals surface area contributed by atoms with Gasteiger partial charge >= 0.3 is 0 Å². The van der Waals surface area contributed by atoms with Gasteiger partial charge in [0, 0.05) is 24.5 Å². The van der Waals surface area contributed by atoms with Gasteiger partial charge < -0.3 is 5.32 Å². The number of hydrogen-bond acceptors (Lipinski definition) is 3. The lowest BCUT2D eigenvalue weighted by Gasteiger charge is -2.33. The molecule has 1 saturated heterocycles. The van der Waals surface area contributed by atoms with E-state index < -0.39 is 0 Å². The molecule has 0 aromatic rings. The van der Waals surface area contributed by atoms with E-state index in [9.17, 15) is 4.79 Å². The average Bonchev–Trinajstić information content (AvgIpc) is 2.80. The molecule has 2 rings (SSSR count). The van der Waals surface area contributed by atoms with Crippen LogP contribution < -0.4 is 5.32 Å². The number of piperidine rings is 1. The van der Waals surface area contributed by atoms with Crippen LogP contribution in [0, 0.1) is 16.7 Å². The van der Waals surface area contributed by atoms with E-state index in [0.717, 1.165) is 38.8 Å². The Bertz CT molecular complexity index is 333. The zero-order valence-electron chi connectivity index (χ0n) is 11.2. The van der Waals surface area contributed by atoms with E-state index in [0.29, 0.717) is 12.6 Å². The summed E-state index contributed by atoms with van der Waals surface area (Å²) in [4.78, 5) is 14.4. The average molecular weight is 249 g/mol. The summed E-state index contributed by atoms with van der Waals surface area (Å²) < 4.78 is 0. The minimum Gasteiger partial charge on any atom is -0.353 e. The molecule has 4 heteroatoms. The monoisotopic (exact) mass is 249 g/mol. The molecule has 4 nitrogen and oxygen atoms in total. The highest BCUT2D eigenvalue weighted by atomic mass is 16.2. The third-order valence-corrected chi connectivity index (χ3v) is 4.47. The van der Waals surface area contributed by atoms with Crippen molar-refractivity contribution < 1.29 is 4.79 Å². The second kappa shape index (κ2) is 5.71. The number of likely N-dealkylation sites (tertiary alicyclic amines) is 1. The number of nitrogens with zero attached hydrogens (tertiary/aromatic N) is 2. The molecular weight excluding hydrogens is 226 g/mol. The van der Waals surface area contributed by atoms with Crippen molar-refractivity contribution in [1.29, 1.82) is 5.26 Å². The zero-order chi connectivity index (χ0) is 13.0. The molecule has 2 aliphatic rings. The largest absolute Gasteiger partial charge is 0.353 e. The minimum atomic E-state index is -0.121. The van der Waals surface area contributed by atoms with Crippen LogP contribution >= 0.6 is 0 Å².